The Hall–Kier alpha value is -2.49. The standard InChI is InChI=1S/C21H24N2O2/c1-22-13-11-16-5-6-17(14-20(16)22)21(24)23-12-3-4-19(23)15-7-9-18(25-2)10-8-15/h5-10,14,19H,3-4,11-13H2,1-2H3/t19-/m1/s1. The molecule has 4 rings (SSSR count). The number of methoxy groups -OCH3 is 1. The van der Waals surface area contributed by atoms with E-state index < -0.39 is 0 Å². The summed E-state index contributed by atoms with van der Waals surface area (Å²) in [6.07, 6.45) is 3.13. The number of hydrogen-bond acceptors (Lipinski definition) is 3. The van der Waals surface area contributed by atoms with E-state index in [0.717, 1.165) is 43.7 Å². The average molecular weight is 336 g/mol. The van der Waals surface area contributed by atoms with E-state index >= 15 is 0 Å². The fraction of sp³-hybridized carbons (Fsp3) is 0.381. The molecule has 0 spiro atoms. The van der Waals surface area contributed by atoms with Crippen molar-refractivity contribution in [2.45, 2.75) is 25.3 Å². The number of hydrogen-bond donors (Lipinski definition) is 0. The van der Waals surface area contributed by atoms with Gasteiger partial charge in [-0.05, 0) is 54.7 Å². The fourth-order valence-electron chi connectivity index (χ4n) is 4.02. The first-order valence-electron chi connectivity index (χ1n) is 8.96. The number of likely N-dealkylation sites (tertiary alicyclic amines) is 1. The first kappa shape index (κ1) is 16.0. The number of fused-ring (bicyclic) bond motifs is 1. The van der Waals surface area contributed by atoms with Crippen LogP contribution >= 0.6 is 0 Å². The van der Waals surface area contributed by atoms with Crippen molar-refractivity contribution >= 4 is 11.6 Å². The van der Waals surface area contributed by atoms with Crippen molar-refractivity contribution < 1.29 is 9.53 Å². The van der Waals surface area contributed by atoms with Crippen LogP contribution < -0.4 is 9.64 Å². The molecule has 1 atom stereocenters. The molecule has 1 fully saturated rings. The summed E-state index contributed by atoms with van der Waals surface area (Å²) in [5.74, 6) is 0.989. The van der Waals surface area contributed by atoms with Crippen LogP contribution in [0.15, 0.2) is 42.5 Å². The van der Waals surface area contributed by atoms with Crippen molar-refractivity contribution in [1.82, 2.24) is 4.90 Å². The smallest absolute Gasteiger partial charge is 0.254 e. The zero-order chi connectivity index (χ0) is 17.4. The highest BCUT2D eigenvalue weighted by Gasteiger charge is 2.31. The lowest BCUT2D eigenvalue weighted by molar-refractivity contribution is 0.0735. The zero-order valence-corrected chi connectivity index (χ0v) is 14.9. The molecule has 2 heterocycles. The van der Waals surface area contributed by atoms with Gasteiger partial charge in [-0.1, -0.05) is 18.2 Å². The maximum absolute atomic E-state index is 13.1. The van der Waals surface area contributed by atoms with E-state index in [0.29, 0.717) is 0 Å². The molecule has 2 aromatic rings. The van der Waals surface area contributed by atoms with Gasteiger partial charge in [0.2, 0.25) is 0 Å². The van der Waals surface area contributed by atoms with Crippen LogP contribution in [0.3, 0.4) is 0 Å². The normalized spacial score (nSPS) is 19.2. The second kappa shape index (κ2) is 6.43. The van der Waals surface area contributed by atoms with Crippen molar-refractivity contribution in [3.8, 4) is 5.75 Å². The molecule has 4 heteroatoms. The van der Waals surface area contributed by atoms with Crippen LogP contribution in [0.4, 0.5) is 5.69 Å². The number of benzene rings is 2. The largest absolute Gasteiger partial charge is 0.497 e. The Morgan fingerprint density at radius 1 is 1.12 bits per heavy atom. The molecule has 0 radical (unpaired) electrons. The van der Waals surface area contributed by atoms with E-state index in [1.807, 2.05) is 23.1 Å². The highest BCUT2D eigenvalue weighted by Crippen LogP contribution is 2.35. The van der Waals surface area contributed by atoms with Crippen molar-refractivity contribution in [1.29, 1.82) is 0 Å². The van der Waals surface area contributed by atoms with E-state index in [4.69, 9.17) is 4.74 Å². The highest BCUT2D eigenvalue weighted by atomic mass is 16.5. The summed E-state index contributed by atoms with van der Waals surface area (Å²) in [5, 5.41) is 0. The Bertz CT molecular complexity index is 785. The van der Waals surface area contributed by atoms with Gasteiger partial charge in [0.15, 0.2) is 0 Å². The summed E-state index contributed by atoms with van der Waals surface area (Å²) in [6.45, 7) is 1.85. The van der Waals surface area contributed by atoms with E-state index in [1.165, 1.54) is 16.8 Å². The Kier molecular flexibility index (Phi) is 4.12. The van der Waals surface area contributed by atoms with Gasteiger partial charge in [0.05, 0.1) is 13.2 Å². The van der Waals surface area contributed by atoms with Gasteiger partial charge in [-0.2, -0.15) is 0 Å². The molecule has 1 amide bonds. The lowest BCUT2D eigenvalue weighted by atomic mass is 10.0. The van der Waals surface area contributed by atoms with Crippen molar-refractivity contribution in [3.05, 3.63) is 59.2 Å². The third-order valence-electron chi connectivity index (χ3n) is 5.47. The number of amides is 1. The second-order valence-electron chi connectivity index (χ2n) is 6.94. The monoisotopic (exact) mass is 336 g/mol. The Morgan fingerprint density at radius 3 is 2.68 bits per heavy atom. The second-order valence-corrected chi connectivity index (χ2v) is 6.94. The molecule has 4 nitrogen and oxygen atoms in total. The fourth-order valence-corrected chi connectivity index (χ4v) is 4.02. The lowest BCUT2D eigenvalue weighted by Crippen LogP contribution is -2.30. The SMILES string of the molecule is COc1ccc([C@H]2CCCN2C(=O)c2ccc3c(c2)N(C)CC3)cc1. The topological polar surface area (TPSA) is 32.8 Å². The van der Waals surface area contributed by atoms with Gasteiger partial charge in [-0.25, -0.2) is 0 Å². The quantitative estimate of drug-likeness (QED) is 0.857. The van der Waals surface area contributed by atoms with Crippen LogP contribution in [0.5, 0.6) is 5.75 Å². The lowest BCUT2D eigenvalue weighted by Gasteiger charge is -2.26. The number of ether oxygens (including phenoxy) is 1. The first-order chi connectivity index (χ1) is 12.2. The summed E-state index contributed by atoms with van der Waals surface area (Å²) in [6, 6.07) is 14.4. The maximum atomic E-state index is 13.1. The molecular formula is C21H24N2O2. The van der Waals surface area contributed by atoms with Crippen molar-refractivity contribution in [3.63, 3.8) is 0 Å². The predicted octanol–water partition coefficient (Wildman–Crippen LogP) is 3.66. The van der Waals surface area contributed by atoms with Gasteiger partial charge in [0, 0.05) is 31.4 Å². The van der Waals surface area contributed by atoms with Crippen LogP contribution in [0.1, 0.15) is 40.4 Å². The van der Waals surface area contributed by atoms with Gasteiger partial charge >= 0.3 is 0 Å². The molecule has 0 saturated carbocycles. The third kappa shape index (κ3) is 2.86. The van der Waals surface area contributed by atoms with E-state index in [1.54, 1.807) is 7.11 Å². The highest BCUT2D eigenvalue weighted by molar-refractivity contribution is 5.96. The number of nitrogens with zero attached hydrogens (tertiary/aromatic N) is 2. The minimum Gasteiger partial charge on any atom is -0.497 e. The molecule has 0 unspecified atom stereocenters. The number of carbonyl (C=O) groups excluding carboxylic acids is 1. The Morgan fingerprint density at radius 2 is 1.92 bits per heavy atom. The van der Waals surface area contributed by atoms with Crippen LogP contribution in [0, 0.1) is 0 Å². The molecule has 25 heavy (non-hydrogen) atoms. The molecule has 0 N–H and O–H groups in total. The molecule has 2 aromatic carbocycles. The molecule has 0 bridgehead atoms. The summed E-state index contributed by atoms with van der Waals surface area (Å²) in [4.78, 5) is 17.4. The number of likely N-dealkylation sites (N-methyl/N-ethyl adjacent to an activating group) is 1. The molecule has 2 aliphatic rings. The van der Waals surface area contributed by atoms with Crippen molar-refractivity contribution in [2.75, 3.05) is 32.1 Å². The summed E-state index contributed by atoms with van der Waals surface area (Å²) < 4.78 is 5.24. The van der Waals surface area contributed by atoms with Gasteiger partial charge in [-0.3, -0.25) is 4.79 Å². The third-order valence-corrected chi connectivity index (χ3v) is 5.47. The predicted molar refractivity (Wildman–Crippen MR) is 99.4 cm³/mol. The average Bonchev–Trinajstić information content (AvgIpc) is 3.28. The van der Waals surface area contributed by atoms with E-state index in [2.05, 4.69) is 36.2 Å². The van der Waals surface area contributed by atoms with Crippen LogP contribution in [-0.4, -0.2) is 38.1 Å². The zero-order valence-electron chi connectivity index (χ0n) is 14.9. The molecule has 0 aromatic heterocycles. The minimum atomic E-state index is 0.140. The number of anilines is 1. The van der Waals surface area contributed by atoms with Gasteiger partial charge in [-0.15, -0.1) is 0 Å². The Labute approximate surface area is 149 Å². The summed E-state index contributed by atoms with van der Waals surface area (Å²) >= 11 is 0. The van der Waals surface area contributed by atoms with E-state index in [-0.39, 0.29) is 11.9 Å². The van der Waals surface area contributed by atoms with Gasteiger partial charge in [0.25, 0.3) is 5.91 Å². The molecule has 1 saturated heterocycles. The maximum Gasteiger partial charge on any atom is 0.254 e. The van der Waals surface area contributed by atoms with Crippen LogP contribution in [0.25, 0.3) is 0 Å². The molecule has 0 aliphatic carbocycles. The van der Waals surface area contributed by atoms with E-state index in [9.17, 15) is 4.79 Å². The Balaban J connectivity index is 1.59. The first-order valence-corrected chi connectivity index (χ1v) is 8.96. The van der Waals surface area contributed by atoms with Gasteiger partial charge in [0.1, 0.15) is 5.75 Å². The molecule has 2 aliphatic heterocycles. The van der Waals surface area contributed by atoms with Crippen LogP contribution in [-0.2, 0) is 6.42 Å². The molecule has 130 valence electrons. The number of carbonyl (C=O) groups is 1. The van der Waals surface area contributed by atoms with Crippen LogP contribution in [0.2, 0.25) is 0 Å². The minimum absolute atomic E-state index is 0.140. The summed E-state index contributed by atoms with van der Waals surface area (Å²) in [5.41, 5.74) is 4.52. The summed E-state index contributed by atoms with van der Waals surface area (Å²) in [7, 11) is 3.77. The van der Waals surface area contributed by atoms with Crippen molar-refractivity contribution in [2.24, 2.45) is 0 Å². The number of rotatable bonds is 3. The molecular weight excluding hydrogens is 312 g/mol. The van der Waals surface area contributed by atoms with Gasteiger partial charge < -0.3 is 14.5 Å².